The van der Waals surface area contributed by atoms with Crippen LogP contribution in [0.25, 0.3) is 0 Å². The Hall–Kier alpha value is -1.97. The van der Waals surface area contributed by atoms with E-state index in [2.05, 4.69) is 5.32 Å². The molecule has 2 N–H and O–H groups in total. The second kappa shape index (κ2) is 4.37. The van der Waals surface area contributed by atoms with Crippen molar-refractivity contribution in [2.45, 2.75) is 25.3 Å². The van der Waals surface area contributed by atoms with E-state index >= 15 is 0 Å². The van der Waals surface area contributed by atoms with E-state index in [9.17, 15) is 4.39 Å². The first-order chi connectivity index (χ1) is 8.74. The van der Waals surface area contributed by atoms with Crippen LogP contribution in [-0.2, 0) is 6.42 Å². The molecule has 3 nitrogen and oxygen atoms in total. The Balaban J connectivity index is 1.84. The van der Waals surface area contributed by atoms with Crippen LogP contribution in [0.5, 0.6) is 5.75 Å². The van der Waals surface area contributed by atoms with E-state index in [1.165, 1.54) is 12.1 Å². The number of phenolic OH excluding ortho intramolecular Hbond substituents is 1. The SMILES string of the molecule is Oc1ccc(NC2CCCc3occc32)cc1F. The van der Waals surface area contributed by atoms with E-state index < -0.39 is 5.82 Å². The number of hydrogen-bond donors (Lipinski definition) is 2. The summed E-state index contributed by atoms with van der Waals surface area (Å²) in [6, 6.07) is 6.45. The Morgan fingerprint density at radius 3 is 3.06 bits per heavy atom. The van der Waals surface area contributed by atoms with Crippen molar-refractivity contribution >= 4 is 5.69 Å². The standard InChI is InChI=1S/C14H14FNO2/c15-11-8-9(4-5-13(11)17)16-12-2-1-3-14-10(12)6-7-18-14/h4-8,12,16-17H,1-3H2. The molecule has 2 aromatic rings. The molecule has 0 fully saturated rings. The number of hydrogen-bond acceptors (Lipinski definition) is 3. The highest BCUT2D eigenvalue weighted by molar-refractivity contribution is 5.49. The predicted molar refractivity (Wildman–Crippen MR) is 66.1 cm³/mol. The van der Waals surface area contributed by atoms with Gasteiger partial charge in [-0.05, 0) is 31.0 Å². The molecule has 0 aliphatic heterocycles. The monoisotopic (exact) mass is 247 g/mol. The lowest BCUT2D eigenvalue weighted by Crippen LogP contribution is -2.15. The van der Waals surface area contributed by atoms with Gasteiger partial charge in [0.25, 0.3) is 0 Å². The first-order valence-electron chi connectivity index (χ1n) is 6.05. The molecule has 0 saturated carbocycles. The van der Waals surface area contributed by atoms with E-state index in [1.807, 2.05) is 6.07 Å². The average Bonchev–Trinajstić information content (AvgIpc) is 2.83. The summed E-state index contributed by atoms with van der Waals surface area (Å²) in [5.41, 5.74) is 1.82. The van der Waals surface area contributed by atoms with Crippen LogP contribution in [0.1, 0.15) is 30.2 Å². The Bertz CT molecular complexity index is 565. The highest BCUT2D eigenvalue weighted by Gasteiger charge is 2.22. The minimum atomic E-state index is -0.608. The fraction of sp³-hybridized carbons (Fsp3) is 0.286. The largest absolute Gasteiger partial charge is 0.505 e. The van der Waals surface area contributed by atoms with Gasteiger partial charge in [-0.25, -0.2) is 4.39 Å². The van der Waals surface area contributed by atoms with Gasteiger partial charge in [0.15, 0.2) is 11.6 Å². The lowest BCUT2D eigenvalue weighted by molar-refractivity contribution is 0.432. The number of rotatable bonds is 2. The zero-order valence-electron chi connectivity index (χ0n) is 9.82. The third kappa shape index (κ3) is 1.94. The molecule has 3 rings (SSSR count). The maximum atomic E-state index is 13.3. The first-order valence-corrected chi connectivity index (χ1v) is 6.05. The number of phenols is 1. The summed E-state index contributed by atoms with van der Waals surface area (Å²) in [6.45, 7) is 0. The third-order valence-electron chi connectivity index (χ3n) is 3.34. The second-order valence-electron chi connectivity index (χ2n) is 4.55. The summed E-state index contributed by atoms with van der Waals surface area (Å²) in [5, 5.41) is 12.4. The van der Waals surface area contributed by atoms with Crippen LogP contribution in [0.3, 0.4) is 0 Å². The van der Waals surface area contributed by atoms with Gasteiger partial charge in [0.2, 0.25) is 0 Å². The van der Waals surface area contributed by atoms with Crippen molar-refractivity contribution < 1.29 is 13.9 Å². The van der Waals surface area contributed by atoms with Gasteiger partial charge < -0.3 is 14.8 Å². The lowest BCUT2D eigenvalue weighted by Gasteiger charge is -2.23. The number of aromatic hydroxyl groups is 1. The van der Waals surface area contributed by atoms with Crippen molar-refractivity contribution in [3.8, 4) is 5.75 Å². The molecule has 1 aliphatic rings. The van der Waals surface area contributed by atoms with E-state index in [0.717, 1.165) is 30.6 Å². The van der Waals surface area contributed by atoms with Gasteiger partial charge in [0.05, 0.1) is 12.3 Å². The van der Waals surface area contributed by atoms with Crippen molar-refractivity contribution in [3.63, 3.8) is 0 Å². The van der Waals surface area contributed by atoms with Gasteiger partial charge in [0, 0.05) is 23.7 Å². The first kappa shape index (κ1) is 11.1. The normalized spacial score (nSPS) is 18.4. The molecule has 0 radical (unpaired) electrons. The number of fused-ring (bicyclic) bond motifs is 1. The van der Waals surface area contributed by atoms with Gasteiger partial charge in [-0.15, -0.1) is 0 Å². The van der Waals surface area contributed by atoms with Gasteiger partial charge in [0.1, 0.15) is 5.76 Å². The van der Waals surface area contributed by atoms with E-state index in [4.69, 9.17) is 9.52 Å². The molecular formula is C14H14FNO2. The Labute approximate surface area is 104 Å². The number of halogens is 1. The zero-order chi connectivity index (χ0) is 12.5. The van der Waals surface area contributed by atoms with E-state index in [1.54, 1.807) is 12.3 Å². The molecule has 1 aromatic heterocycles. The molecule has 0 saturated heterocycles. The number of aryl methyl sites for hydroxylation is 1. The minimum Gasteiger partial charge on any atom is -0.505 e. The van der Waals surface area contributed by atoms with Gasteiger partial charge in [-0.1, -0.05) is 0 Å². The Kier molecular flexibility index (Phi) is 2.70. The fourth-order valence-corrected chi connectivity index (χ4v) is 2.43. The highest BCUT2D eigenvalue weighted by atomic mass is 19.1. The molecule has 1 aliphatic carbocycles. The molecule has 4 heteroatoms. The van der Waals surface area contributed by atoms with Crippen molar-refractivity contribution in [2.24, 2.45) is 0 Å². The average molecular weight is 247 g/mol. The number of furan rings is 1. The quantitative estimate of drug-likeness (QED) is 0.797. The molecule has 1 unspecified atom stereocenters. The van der Waals surface area contributed by atoms with Crippen LogP contribution in [-0.4, -0.2) is 5.11 Å². The summed E-state index contributed by atoms with van der Waals surface area (Å²) in [4.78, 5) is 0. The highest BCUT2D eigenvalue weighted by Crippen LogP contribution is 2.33. The molecular weight excluding hydrogens is 233 g/mol. The van der Waals surface area contributed by atoms with Gasteiger partial charge in [-0.3, -0.25) is 0 Å². The summed E-state index contributed by atoms with van der Waals surface area (Å²) in [5.74, 6) is 0.0782. The van der Waals surface area contributed by atoms with Crippen LogP contribution >= 0.6 is 0 Å². The minimum absolute atomic E-state index is 0.149. The second-order valence-corrected chi connectivity index (χ2v) is 4.55. The summed E-state index contributed by atoms with van der Waals surface area (Å²) < 4.78 is 18.7. The third-order valence-corrected chi connectivity index (χ3v) is 3.34. The van der Waals surface area contributed by atoms with Gasteiger partial charge in [-0.2, -0.15) is 0 Å². The van der Waals surface area contributed by atoms with Crippen molar-refractivity contribution in [3.05, 3.63) is 47.7 Å². The maximum Gasteiger partial charge on any atom is 0.166 e. The molecule has 0 bridgehead atoms. The number of anilines is 1. The predicted octanol–water partition coefficient (Wildman–Crippen LogP) is 3.61. The summed E-state index contributed by atoms with van der Waals surface area (Å²) in [7, 11) is 0. The van der Waals surface area contributed by atoms with Crippen LogP contribution in [0.15, 0.2) is 34.9 Å². The maximum absolute atomic E-state index is 13.3. The number of nitrogens with one attached hydrogen (secondary N) is 1. The van der Waals surface area contributed by atoms with Gasteiger partial charge >= 0.3 is 0 Å². The van der Waals surface area contributed by atoms with Crippen LogP contribution < -0.4 is 5.32 Å². The Morgan fingerprint density at radius 2 is 2.22 bits per heavy atom. The molecule has 94 valence electrons. The lowest BCUT2D eigenvalue weighted by atomic mass is 9.93. The zero-order valence-corrected chi connectivity index (χ0v) is 9.82. The van der Waals surface area contributed by atoms with E-state index in [-0.39, 0.29) is 11.8 Å². The van der Waals surface area contributed by atoms with Crippen LogP contribution in [0.4, 0.5) is 10.1 Å². The molecule has 18 heavy (non-hydrogen) atoms. The summed E-state index contributed by atoms with van der Waals surface area (Å²) in [6.07, 6.45) is 4.71. The molecule has 0 spiro atoms. The van der Waals surface area contributed by atoms with Crippen molar-refractivity contribution in [2.75, 3.05) is 5.32 Å². The molecule has 1 heterocycles. The van der Waals surface area contributed by atoms with Crippen LogP contribution in [0, 0.1) is 5.82 Å². The van der Waals surface area contributed by atoms with Crippen molar-refractivity contribution in [1.29, 1.82) is 0 Å². The number of benzene rings is 1. The topological polar surface area (TPSA) is 45.4 Å². The Morgan fingerprint density at radius 1 is 1.33 bits per heavy atom. The van der Waals surface area contributed by atoms with E-state index in [0.29, 0.717) is 5.69 Å². The van der Waals surface area contributed by atoms with Crippen molar-refractivity contribution in [1.82, 2.24) is 0 Å². The molecule has 0 amide bonds. The fourth-order valence-electron chi connectivity index (χ4n) is 2.43. The smallest absolute Gasteiger partial charge is 0.166 e. The molecule has 1 aromatic carbocycles. The molecule has 1 atom stereocenters. The van der Waals surface area contributed by atoms with Crippen LogP contribution in [0.2, 0.25) is 0 Å². The summed E-state index contributed by atoms with van der Waals surface area (Å²) >= 11 is 0.